The number of furan rings is 1. The Bertz CT molecular complexity index is 1140. The van der Waals surface area contributed by atoms with Gasteiger partial charge in [-0.3, -0.25) is 4.79 Å². The average molecular weight is 467 g/mol. The molecule has 1 heterocycles. The third-order valence-corrected chi connectivity index (χ3v) is 7.03. The summed E-state index contributed by atoms with van der Waals surface area (Å²) in [5.41, 5.74) is 2.42. The predicted octanol–water partition coefficient (Wildman–Crippen LogP) is 5.03. The van der Waals surface area contributed by atoms with Crippen LogP contribution in [-0.4, -0.2) is 25.2 Å². The number of hydrogen-bond donors (Lipinski definition) is 1. The average Bonchev–Trinajstić information content (AvgIpc) is 3.19. The number of benzene rings is 2. The van der Waals surface area contributed by atoms with E-state index in [1.54, 1.807) is 12.1 Å². The molecule has 0 aliphatic rings. The number of nitrogens with one attached hydrogen (secondary N) is 1. The van der Waals surface area contributed by atoms with Crippen molar-refractivity contribution in [3.8, 4) is 0 Å². The molecule has 0 unspecified atom stereocenters. The van der Waals surface area contributed by atoms with Crippen molar-refractivity contribution in [2.75, 3.05) is 11.9 Å². The van der Waals surface area contributed by atoms with Crippen molar-refractivity contribution in [1.82, 2.24) is 4.31 Å². The molecule has 0 bridgehead atoms. The van der Waals surface area contributed by atoms with E-state index in [0.29, 0.717) is 11.4 Å². The van der Waals surface area contributed by atoms with Gasteiger partial charge in [0, 0.05) is 5.69 Å². The zero-order valence-electron chi connectivity index (χ0n) is 16.4. The Morgan fingerprint density at radius 2 is 1.73 bits per heavy atom. The Hall–Kier alpha value is -2.32. The summed E-state index contributed by atoms with van der Waals surface area (Å²) in [5, 5.41) is 3.15. The van der Waals surface area contributed by atoms with E-state index in [0.717, 1.165) is 15.4 Å². The Balaban J connectivity index is 1.90. The van der Waals surface area contributed by atoms with Crippen LogP contribution in [-0.2, 0) is 21.4 Å². The molecule has 0 atom stereocenters. The smallest absolute Gasteiger partial charge is 0.244 e. The molecule has 0 fully saturated rings. The fourth-order valence-electron chi connectivity index (χ4n) is 2.94. The van der Waals surface area contributed by atoms with Crippen LogP contribution in [0.25, 0.3) is 0 Å². The lowest BCUT2D eigenvalue weighted by atomic mass is 10.1. The first kappa shape index (κ1) is 22.4. The lowest BCUT2D eigenvalue weighted by molar-refractivity contribution is -0.116. The van der Waals surface area contributed by atoms with Crippen molar-refractivity contribution < 1.29 is 17.6 Å². The second-order valence-corrected chi connectivity index (χ2v) is 9.50. The molecule has 30 heavy (non-hydrogen) atoms. The molecule has 158 valence electrons. The van der Waals surface area contributed by atoms with Crippen molar-refractivity contribution in [1.29, 1.82) is 0 Å². The summed E-state index contributed by atoms with van der Waals surface area (Å²) in [5.74, 6) is -0.0684. The number of para-hydroxylation sites is 1. The predicted molar refractivity (Wildman–Crippen MR) is 117 cm³/mol. The largest absolute Gasteiger partial charge is 0.468 e. The van der Waals surface area contributed by atoms with Crippen LogP contribution in [0.5, 0.6) is 0 Å². The van der Waals surface area contributed by atoms with Crippen molar-refractivity contribution in [3.05, 3.63) is 81.7 Å². The number of rotatable bonds is 7. The first-order valence-corrected chi connectivity index (χ1v) is 11.2. The van der Waals surface area contributed by atoms with Gasteiger partial charge in [0.1, 0.15) is 5.76 Å². The summed E-state index contributed by atoms with van der Waals surface area (Å²) in [6.07, 6.45) is 1.44. The van der Waals surface area contributed by atoms with E-state index in [1.807, 2.05) is 32.0 Å². The second kappa shape index (κ2) is 9.22. The second-order valence-electron chi connectivity index (χ2n) is 6.74. The van der Waals surface area contributed by atoms with Gasteiger partial charge < -0.3 is 9.73 Å². The fraction of sp³-hybridized carbons (Fsp3) is 0.190. The summed E-state index contributed by atoms with van der Waals surface area (Å²) in [4.78, 5) is 12.7. The number of nitrogens with zero attached hydrogens (tertiary/aromatic N) is 1. The Morgan fingerprint density at radius 3 is 2.33 bits per heavy atom. The number of sulfonamides is 1. The van der Waals surface area contributed by atoms with E-state index in [9.17, 15) is 13.2 Å². The number of hydrogen-bond acceptors (Lipinski definition) is 4. The minimum Gasteiger partial charge on any atom is -0.468 e. The summed E-state index contributed by atoms with van der Waals surface area (Å²) in [6, 6.07) is 12.9. The molecular weight excluding hydrogens is 447 g/mol. The molecule has 3 rings (SSSR count). The highest BCUT2D eigenvalue weighted by atomic mass is 35.5. The van der Waals surface area contributed by atoms with Gasteiger partial charge in [-0.05, 0) is 55.3 Å². The highest BCUT2D eigenvalue weighted by Gasteiger charge is 2.28. The molecule has 1 amide bonds. The molecular formula is C21H20Cl2N2O4S. The third-order valence-electron chi connectivity index (χ3n) is 4.51. The van der Waals surface area contributed by atoms with Crippen LogP contribution >= 0.6 is 23.2 Å². The number of anilines is 1. The van der Waals surface area contributed by atoms with Gasteiger partial charge in [-0.1, -0.05) is 41.4 Å². The molecule has 1 aromatic heterocycles. The van der Waals surface area contributed by atoms with Gasteiger partial charge >= 0.3 is 0 Å². The SMILES string of the molecule is Cc1cccc(C)c1NC(=O)CN(Cc1ccco1)S(=O)(=O)c1ccc(Cl)c(Cl)c1. The van der Waals surface area contributed by atoms with Crippen LogP contribution in [0.15, 0.2) is 64.1 Å². The van der Waals surface area contributed by atoms with Crippen molar-refractivity contribution in [2.24, 2.45) is 0 Å². The van der Waals surface area contributed by atoms with E-state index in [-0.39, 0.29) is 21.5 Å². The molecule has 0 aliphatic carbocycles. The number of aryl methyl sites for hydroxylation is 2. The molecule has 0 radical (unpaired) electrons. The van der Waals surface area contributed by atoms with Crippen LogP contribution in [0.2, 0.25) is 10.0 Å². The number of halogens is 2. The van der Waals surface area contributed by atoms with E-state index in [1.165, 1.54) is 24.5 Å². The van der Waals surface area contributed by atoms with Gasteiger partial charge in [0.25, 0.3) is 0 Å². The Kier molecular flexibility index (Phi) is 6.88. The topological polar surface area (TPSA) is 79.6 Å². The summed E-state index contributed by atoms with van der Waals surface area (Å²) in [6.45, 7) is 3.22. The lowest BCUT2D eigenvalue weighted by Crippen LogP contribution is -2.37. The maximum absolute atomic E-state index is 13.2. The summed E-state index contributed by atoms with van der Waals surface area (Å²) >= 11 is 11.9. The molecule has 1 N–H and O–H groups in total. The van der Waals surface area contributed by atoms with Gasteiger partial charge in [0.15, 0.2) is 0 Å². The van der Waals surface area contributed by atoms with Crippen LogP contribution < -0.4 is 5.32 Å². The van der Waals surface area contributed by atoms with Gasteiger partial charge in [-0.25, -0.2) is 8.42 Å². The van der Waals surface area contributed by atoms with Crippen LogP contribution in [0, 0.1) is 13.8 Å². The summed E-state index contributed by atoms with van der Waals surface area (Å²) in [7, 11) is -4.05. The zero-order valence-corrected chi connectivity index (χ0v) is 18.7. The van der Waals surface area contributed by atoms with E-state index < -0.39 is 22.5 Å². The molecule has 0 saturated carbocycles. The van der Waals surface area contributed by atoms with Crippen LogP contribution in [0.3, 0.4) is 0 Å². The first-order chi connectivity index (χ1) is 14.2. The molecule has 0 saturated heterocycles. The highest BCUT2D eigenvalue weighted by molar-refractivity contribution is 7.89. The van der Waals surface area contributed by atoms with Crippen molar-refractivity contribution >= 4 is 44.8 Å². The quantitative estimate of drug-likeness (QED) is 0.529. The number of amides is 1. The van der Waals surface area contributed by atoms with Gasteiger partial charge in [-0.2, -0.15) is 4.31 Å². The zero-order chi connectivity index (χ0) is 21.9. The highest BCUT2D eigenvalue weighted by Crippen LogP contribution is 2.27. The van der Waals surface area contributed by atoms with Crippen molar-refractivity contribution in [3.63, 3.8) is 0 Å². The fourth-order valence-corrected chi connectivity index (χ4v) is 4.69. The maximum atomic E-state index is 13.2. The molecule has 0 spiro atoms. The van der Waals surface area contributed by atoms with Crippen LogP contribution in [0.1, 0.15) is 16.9 Å². The van der Waals surface area contributed by atoms with E-state index in [2.05, 4.69) is 5.32 Å². The van der Waals surface area contributed by atoms with Crippen LogP contribution in [0.4, 0.5) is 5.69 Å². The number of carbonyl (C=O) groups excluding carboxylic acids is 1. The molecule has 3 aromatic rings. The molecule has 2 aromatic carbocycles. The van der Waals surface area contributed by atoms with Gasteiger partial charge in [0.2, 0.25) is 15.9 Å². The Labute approximate surface area is 185 Å². The molecule has 0 aliphatic heterocycles. The van der Waals surface area contributed by atoms with E-state index >= 15 is 0 Å². The minimum absolute atomic E-state index is 0.0664. The third kappa shape index (κ3) is 5.05. The number of carbonyl (C=O) groups is 1. The van der Waals surface area contributed by atoms with Crippen molar-refractivity contribution in [2.45, 2.75) is 25.3 Å². The summed E-state index contributed by atoms with van der Waals surface area (Å²) < 4.78 is 32.8. The normalized spacial score (nSPS) is 11.6. The van der Waals surface area contributed by atoms with E-state index in [4.69, 9.17) is 27.6 Å². The molecule has 6 nitrogen and oxygen atoms in total. The van der Waals surface area contributed by atoms with Gasteiger partial charge in [0.05, 0.1) is 34.3 Å². The minimum atomic E-state index is -4.05. The Morgan fingerprint density at radius 1 is 1.03 bits per heavy atom. The maximum Gasteiger partial charge on any atom is 0.244 e. The van der Waals surface area contributed by atoms with Gasteiger partial charge in [-0.15, -0.1) is 0 Å². The standard InChI is InChI=1S/C21H20Cl2N2O4S/c1-14-5-3-6-15(2)21(14)24-20(26)13-25(12-16-7-4-10-29-16)30(27,28)17-8-9-18(22)19(23)11-17/h3-11H,12-13H2,1-2H3,(H,24,26). The molecule has 9 heteroatoms. The lowest BCUT2D eigenvalue weighted by Gasteiger charge is -2.22. The monoisotopic (exact) mass is 466 g/mol. The first-order valence-electron chi connectivity index (χ1n) is 9.02.